The fourth-order valence-corrected chi connectivity index (χ4v) is 4.76. The zero-order valence-electron chi connectivity index (χ0n) is 14.4. The van der Waals surface area contributed by atoms with E-state index >= 15 is 0 Å². The minimum atomic E-state index is 0.794. The molecule has 0 aromatic rings. The predicted molar refractivity (Wildman–Crippen MR) is 89.6 cm³/mol. The van der Waals surface area contributed by atoms with Gasteiger partial charge in [-0.3, -0.25) is 9.80 Å². The van der Waals surface area contributed by atoms with Crippen molar-refractivity contribution in [2.24, 2.45) is 11.8 Å². The van der Waals surface area contributed by atoms with Crippen molar-refractivity contribution in [2.75, 3.05) is 45.8 Å². The van der Waals surface area contributed by atoms with Gasteiger partial charge in [0.15, 0.2) is 0 Å². The first-order valence-corrected chi connectivity index (χ1v) is 9.37. The summed E-state index contributed by atoms with van der Waals surface area (Å²) in [7, 11) is 0. The molecule has 122 valence electrons. The summed E-state index contributed by atoms with van der Waals surface area (Å²) in [5, 5.41) is 0. The first-order chi connectivity index (χ1) is 10.2. The molecule has 3 aliphatic heterocycles. The molecule has 0 bridgehead atoms. The largest absolute Gasteiger partial charge is 0.304 e. The van der Waals surface area contributed by atoms with Crippen LogP contribution < -0.4 is 0 Å². The molecular weight excluding hydrogens is 258 g/mol. The molecule has 0 aromatic carbocycles. The number of piperazine rings is 1. The quantitative estimate of drug-likeness (QED) is 0.788. The standard InChI is InChI=1S/C18H35N3/c1-4-19-10-7-16(8-11-19)12-21-13-17-6-5-9-20(17)14-18(21)15(2)3/h15-18H,4-14H2,1-3H3. The van der Waals surface area contributed by atoms with Gasteiger partial charge in [-0.05, 0) is 63.7 Å². The van der Waals surface area contributed by atoms with Gasteiger partial charge in [-0.25, -0.2) is 0 Å². The maximum atomic E-state index is 2.88. The van der Waals surface area contributed by atoms with Crippen molar-refractivity contribution in [3.8, 4) is 0 Å². The average molecular weight is 293 g/mol. The predicted octanol–water partition coefficient (Wildman–Crippen LogP) is 2.52. The number of rotatable bonds is 4. The van der Waals surface area contributed by atoms with Crippen molar-refractivity contribution in [1.29, 1.82) is 0 Å². The minimum Gasteiger partial charge on any atom is -0.304 e. The summed E-state index contributed by atoms with van der Waals surface area (Å²) in [4.78, 5) is 8.27. The molecule has 3 heteroatoms. The van der Waals surface area contributed by atoms with E-state index in [4.69, 9.17) is 0 Å². The van der Waals surface area contributed by atoms with Gasteiger partial charge in [-0.15, -0.1) is 0 Å². The molecule has 0 N–H and O–H groups in total. The van der Waals surface area contributed by atoms with E-state index in [1.807, 2.05) is 0 Å². The van der Waals surface area contributed by atoms with E-state index in [0.29, 0.717) is 0 Å². The van der Waals surface area contributed by atoms with E-state index in [2.05, 4.69) is 35.5 Å². The molecule has 2 atom stereocenters. The molecule has 3 heterocycles. The monoisotopic (exact) mass is 293 g/mol. The van der Waals surface area contributed by atoms with Gasteiger partial charge >= 0.3 is 0 Å². The lowest BCUT2D eigenvalue weighted by atomic mass is 9.92. The molecule has 3 saturated heterocycles. The van der Waals surface area contributed by atoms with Crippen LogP contribution in [0.5, 0.6) is 0 Å². The highest BCUT2D eigenvalue weighted by atomic mass is 15.3. The molecule has 2 unspecified atom stereocenters. The van der Waals surface area contributed by atoms with Gasteiger partial charge in [0.2, 0.25) is 0 Å². The SMILES string of the molecule is CCN1CCC(CN2CC3CCCN3CC2C(C)C)CC1. The van der Waals surface area contributed by atoms with E-state index in [0.717, 1.165) is 23.9 Å². The highest BCUT2D eigenvalue weighted by Gasteiger charge is 2.38. The van der Waals surface area contributed by atoms with Crippen LogP contribution in [0.3, 0.4) is 0 Å². The number of hydrogen-bond acceptors (Lipinski definition) is 3. The molecule has 0 saturated carbocycles. The summed E-state index contributed by atoms with van der Waals surface area (Å²) in [5.41, 5.74) is 0. The van der Waals surface area contributed by atoms with E-state index in [9.17, 15) is 0 Å². The summed E-state index contributed by atoms with van der Waals surface area (Å²) in [6.45, 7) is 16.4. The van der Waals surface area contributed by atoms with Gasteiger partial charge in [-0.2, -0.15) is 0 Å². The second kappa shape index (κ2) is 6.97. The Morgan fingerprint density at radius 3 is 2.43 bits per heavy atom. The molecule has 3 nitrogen and oxygen atoms in total. The summed E-state index contributed by atoms with van der Waals surface area (Å²) in [6, 6.07) is 1.67. The molecule has 21 heavy (non-hydrogen) atoms. The Hall–Kier alpha value is -0.120. The maximum absolute atomic E-state index is 2.88. The van der Waals surface area contributed by atoms with Gasteiger partial charge in [0.05, 0.1) is 0 Å². The van der Waals surface area contributed by atoms with Crippen LogP contribution in [0.4, 0.5) is 0 Å². The Morgan fingerprint density at radius 2 is 1.76 bits per heavy atom. The van der Waals surface area contributed by atoms with E-state index in [-0.39, 0.29) is 0 Å². The third-order valence-corrected chi connectivity index (χ3v) is 6.25. The molecule has 0 aliphatic carbocycles. The van der Waals surface area contributed by atoms with Crippen LogP contribution in [-0.2, 0) is 0 Å². The smallest absolute Gasteiger partial charge is 0.0247 e. The van der Waals surface area contributed by atoms with Crippen LogP contribution in [0, 0.1) is 11.8 Å². The van der Waals surface area contributed by atoms with Gasteiger partial charge in [0, 0.05) is 31.7 Å². The highest BCUT2D eigenvalue weighted by Crippen LogP contribution is 2.29. The molecule has 3 fully saturated rings. The molecule has 0 radical (unpaired) electrons. The third-order valence-electron chi connectivity index (χ3n) is 6.25. The topological polar surface area (TPSA) is 9.72 Å². The Labute approximate surface area is 131 Å². The Bertz CT molecular complexity index is 322. The van der Waals surface area contributed by atoms with Gasteiger partial charge in [-0.1, -0.05) is 20.8 Å². The second-order valence-corrected chi connectivity index (χ2v) is 7.93. The zero-order chi connectivity index (χ0) is 14.8. The first-order valence-electron chi connectivity index (χ1n) is 9.37. The van der Waals surface area contributed by atoms with Crippen LogP contribution in [0.2, 0.25) is 0 Å². The number of fused-ring (bicyclic) bond motifs is 1. The van der Waals surface area contributed by atoms with E-state index in [1.54, 1.807) is 0 Å². The molecule has 3 rings (SSSR count). The van der Waals surface area contributed by atoms with Crippen molar-refractivity contribution in [3.63, 3.8) is 0 Å². The summed E-state index contributed by atoms with van der Waals surface area (Å²) < 4.78 is 0. The lowest BCUT2D eigenvalue weighted by molar-refractivity contribution is 0.0119. The second-order valence-electron chi connectivity index (χ2n) is 7.93. The zero-order valence-corrected chi connectivity index (χ0v) is 14.4. The Kier molecular flexibility index (Phi) is 5.23. The molecule has 0 spiro atoms. The maximum Gasteiger partial charge on any atom is 0.0247 e. The average Bonchev–Trinajstić information content (AvgIpc) is 2.94. The van der Waals surface area contributed by atoms with Crippen molar-refractivity contribution >= 4 is 0 Å². The molecule has 3 aliphatic rings. The van der Waals surface area contributed by atoms with Gasteiger partial charge in [0.1, 0.15) is 0 Å². The lowest BCUT2D eigenvalue weighted by Crippen LogP contribution is -2.59. The minimum absolute atomic E-state index is 0.794. The fourth-order valence-electron chi connectivity index (χ4n) is 4.76. The number of likely N-dealkylation sites (tertiary alicyclic amines) is 1. The van der Waals surface area contributed by atoms with E-state index in [1.165, 1.54) is 71.5 Å². The lowest BCUT2D eigenvalue weighted by Gasteiger charge is -2.47. The normalized spacial score (nSPS) is 33.7. The van der Waals surface area contributed by atoms with E-state index < -0.39 is 0 Å². The van der Waals surface area contributed by atoms with Crippen molar-refractivity contribution in [1.82, 2.24) is 14.7 Å². The Morgan fingerprint density at radius 1 is 1.00 bits per heavy atom. The molecule has 0 amide bonds. The number of piperidine rings is 1. The molecular formula is C18H35N3. The van der Waals surface area contributed by atoms with Crippen molar-refractivity contribution < 1.29 is 0 Å². The number of hydrogen-bond donors (Lipinski definition) is 0. The third kappa shape index (κ3) is 3.62. The highest BCUT2D eigenvalue weighted by molar-refractivity contribution is 4.94. The van der Waals surface area contributed by atoms with Gasteiger partial charge < -0.3 is 4.90 Å². The number of nitrogens with zero attached hydrogens (tertiary/aromatic N) is 3. The van der Waals surface area contributed by atoms with Crippen LogP contribution in [-0.4, -0.2) is 72.6 Å². The van der Waals surface area contributed by atoms with Crippen molar-refractivity contribution in [3.05, 3.63) is 0 Å². The van der Waals surface area contributed by atoms with Crippen LogP contribution in [0.25, 0.3) is 0 Å². The van der Waals surface area contributed by atoms with Crippen molar-refractivity contribution in [2.45, 2.75) is 58.5 Å². The molecule has 0 aromatic heterocycles. The summed E-state index contributed by atoms with van der Waals surface area (Å²) in [6.07, 6.45) is 5.71. The van der Waals surface area contributed by atoms with Gasteiger partial charge in [0.25, 0.3) is 0 Å². The Balaban J connectivity index is 1.57. The van der Waals surface area contributed by atoms with Crippen LogP contribution in [0.1, 0.15) is 46.5 Å². The fraction of sp³-hybridized carbons (Fsp3) is 1.00. The summed E-state index contributed by atoms with van der Waals surface area (Å²) >= 11 is 0. The first kappa shape index (κ1) is 15.8. The van der Waals surface area contributed by atoms with Crippen LogP contribution >= 0.6 is 0 Å². The van der Waals surface area contributed by atoms with Crippen LogP contribution in [0.15, 0.2) is 0 Å². The summed E-state index contributed by atoms with van der Waals surface area (Å²) in [5.74, 6) is 1.74.